The molecule has 9 heteroatoms. The minimum Gasteiger partial charge on any atom is -0.503 e. The molecule has 0 radical (unpaired) electrons. The summed E-state index contributed by atoms with van der Waals surface area (Å²) in [6.45, 7) is 0. The Morgan fingerprint density at radius 3 is 2.09 bits per heavy atom. The number of urea groups is 1. The van der Waals surface area contributed by atoms with Crippen molar-refractivity contribution < 1.29 is 18.7 Å². The van der Waals surface area contributed by atoms with E-state index in [0.717, 1.165) is 12.1 Å². The SMILES string of the molecule is O=C(Nc1cc(Cl)cc(Cl)c1)N(S)c1cc(F)c(O)c(F)c1. The zero-order chi connectivity index (χ0) is 16.4. The van der Waals surface area contributed by atoms with Crippen LogP contribution in [0.3, 0.4) is 0 Å². The molecule has 0 unspecified atom stereocenters. The first-order chi connectivity index (χ1) is 10.3. The number of phenolic OH excluding ortho intramolecular Hbond substituents is 1. The summed E-state index contributed by atoms with van der Waals surface area (Å²) in [6.07, 6.45) is 0. The van der Waals surface area contributed by atoms with Crippen LogP contribution in [0.15, 0.2) is 30.3 Å². The second kappa shape index (κ2) is 6.60. The van der Waals surface area contributed by atoms with Crippen molar-refractivity contribution in [3.8, 4) is 5.75 Å². The van der Waals surface area contributed by atoms with Gasteiger partial charge in [-0.2, -0.15) is 0 Å². The van der Waals surface area contributed by atoms with Crippen molar-refractivity contribution in [1.82, 2.24) is 0 Å². The predicted octanol–water partition coefficient (Wildman–Crippen LogP) is 4.86. The van der Waals surface area contributed by atoms with Crippen LogP contribution in [-0.4, -0.2) is 11.1 Å². The first kappa shape index (κ1) is 16.7. The van der Waals surface area contributed by atoms with Gasteiger partial charge in [0, 0.05) is 27.9 Å². The summed E-state index contributed by atoms with van der Waals surface area (Å²) in [5.74, 6) is -3.56. The van der Waals surface area contributed by atoms with Gasteiger partial charge in [-0.1, -0.05) is 36.0 Å². The third-order valence-corrected chi connectivity index (χ3v) is 3.40. The number of rotatable bonds is 2. The van der Waals surface area contributed by atoms with E-state index in [1.807, 2.05) is 0 Å². The van der Waals surface area contributed by atoms with Gasteiger partial charge < -0.3 is 10.4 Å². The van der Waals surface area contributed by atoms with Gasteiger partial charge in [0.15, 0.2) is 17.4 Å². The van der Waals surface area contributed by atoms with Gasteiger partial charge in [0.25, 0.3) is 0 Å². The molecule has 0 heterocycles. The molecule has 2 aromatic carbocycles. The molecule has 0 bridgehead atoms. The number of benzene rings is 2. The fraction of sp³-hybridized carbons (Fsp3) is 0. The Kier molecular flexibility index (Phi) is 5.00. The van der Waals surface area contributed by atoms with Crippen LogP contribution in [0.5, 0.6) is 5.75 Å². The van der Waals surface area contributed by atoms with Crippen molar-refractivity contribution in [2.24, 2.45) is 0 Å². The molecular weight excluding hydrogens is 357 g/mol. The molecule has 0 aromatic heterocycles. The topological polar surface area (TPSA) is 52.6 Å². The summed E-state index contributed by atoms with van der Waals surface area (Å²) in [4.78, 5) is 12.0. The van der Waals surface area contributed by atoms with Crippen molar-refractivity contribution in [1.29, 1.82) is 0 Å². The maximum absolute atomic E-state index is 13.3. The quantitative estimate of drug-likeness (QED) is 0.666. The molecule has 2 N–H and O–H groups in total. The van der Waals surface area contributed by atoms with Crippen LogP contribution in [0.2, 0.25) is 10.0 Å². The normalized spacial score (nSPS) is 10.4. The first-order valence-corrected chi connectivity index (χ1v) is 6.87. The maximum atomic E-state index is 13.3. The number of nitrogens with zero attached hydrogens (tertiary/aromatic N) is 1. The zero-order valence-corrected chi connectivity index (χ0v) is 13.1. The summed E-state index contributed by atoms with van der Waals surface area (Å²) in [5.41, 5.74) is 0.0723. The van der Waals surface area contributed by atoms with Crippen molar-refractivity contribution in [2.45, 2.75) is 0 Å². The molecule has 0 fully saturated rings. The Hall–Kier alpha value is -1.70. The van der Waals surface area contributed by atoms with E-state index in [2.05, 4.69) is 18.1 Å². The Labute approximate surface area is 139 Å². The van der Waals surface area contributed by atoms with Gasteiger partial charge in [0.05, 0.1) is 5.69 Å². The smallest absolute Gasteiger partial charge is 0.336 e. The van der Waals surface area contributed by atoms with Crippen LogP contribution >= 0.6 is 36.0 Å². The van der Waals surface area contributed by atoms with Gasteiger partial charge in [-0.15, -0.1) is 0 Å². The molecule has 0 atom stereocenters. The number of phenols is 1. The first-order valence-electron chi connectivity index (χ1n) is 5.72. The lowest BCUT2D eigenvalue weighted by molar-refractivity contribution is 0.260. The average Bonchev–Trinajstić information content (AvgIpc) is 2.42. The van der Waals surface area contributed by atoms with E-state index in [0.29, 0.717) is 14.4 Å². The molecule has 0 saturated carbocycles. The van der Waals surface area contributed by atoms with Gasteiger partial charge in [-0.3, -0.25) is 0 Å². The highest BCUT2D eigenvalue weighted by molar-refractivity contribution is 7.82. The summed E-state index contributed by atoms with van der Waals surface area (Å²) in [7, 11) is 0. The number of aromatic hydroxyl groups is 1. The lowest BCUT2D eigenvalue weighted by Crippen LogP contribution is -2.27. The molecular formula is C13H8Cl2F2N2O2S. The van der Waals surface area contributed by atoms with E-state index in [1.165, 1.54) is 18.2 Å². The highest BCUT2D eigenvalue weighted by atomic mass is 35.5. The Balaban J connectivity index is 2.22. The number of thiol groups is 1. The molecule has 2 rings (SSSR count). The van der Waals surface area contributed by atoms with Crippen LogP contribution in [0.1, 0.15) is 0 Å². The largest absolute Gasteiger partial charge is 0.503 e. The summed E-state index contributed by atoms with van der Waals surface area (Å²) in [5, 5.41) is 12.0. The number of carbonyl (C=O) groups excluding carboxylic acids is 1. The fourth-order valence-corrected chi connectivity index (χ4v) is 2.29. The molecule has 2 amide bonds. The lowest BCUT2D eigenvalue weighted by Gasteiger charge is -2.17. The van der Waals surface area contributed by atoms with E-state index in [4.69, 9.17) is 28.3 Å². The molecule has 2 aromatic rings. The van der Waals surface area contributed by atoms with E-state index >= 15 is 0 Å². The van der Waals surface area contributed by atoms with E-state index in [-0.39, 0.29) is 11.4 Å². The van der Waals surface area contributed by atoms with Gasteiger partial charge in [-0.05, 0) is 18.2 Å². The minimum atomic E-state index is -1.22. The summed E-state index contributed by atoms with van der Waals surface area (Å²) < 4.78 is 27.2. The minimum absolute atomic E-state index is 0.207. The maximum Gasteiger partial charge on any atom is 0.336 e. The second-order valence-electron chi connectivity index (χ2n) is 4.16. The highest BCUT2D eigenvalue weighted by Gasteiger charge is 2.17. The van der Waals surface area contributed by atoms with E-state index < -0.39 is 23.4 Å². The number of hydrogen-bond acceptors (Lipinski definition) is 3. The zero-order valence-electron chi connectivity index (χ0n) is 10.6. The fourth-order valence-electron chi connectivity index (χ4n) is 1.59. The van der Waals surface area contributed by atoms with E-state index in [1.54, 1.807) is 0 Å². The summed E-state index contributed by atoms with van der Waals surface area (Å²) >= 11 is 15.5. The van der Waals surface area contributed by atoms with Crippen molar-refractivity contribution >= 4 is 53.4 Å². The van der Waals surface area contributed by atoms with Crippen LogP contribution in [0.4, 0.5) is 25.0 Å². The van der Waals surface area contributed by atoms with E-state index in [9.17, 15) is 13.6 Å². The molecule has 0 aliphatic carbocycles. The van der Waals surface area contributed by atoms with Gasteiger partial charge in [0.2, 0.25) is 0 Å². The number of halogens is 4. The molecule has 0 aliphatic heterocycles. The number of carbonyl (C=O) groups is 1. The summed E-state index contributed by atoms with van der Waals surface area (Å²) in [6, 6.07) is 5.06. The van der Waals surface area contributed by atoms with Crippen molar-refractivity contribution in [3.63, 3.8) is 0 Å². The Bertz CT molecular complexity index is 703. The van der Waals surface area contributed by atoms with Crippen molar-refractivity contribution in [3.05, 3.63) is 52.0 Å². The Morgan fingerprint density at radius 1 is 1.09 bits per heavy atom. The van der Waals surface area contributed by atoms with Crippen LogP contribution in [-0.2, 0) is 0 Å². The standard InChI is InChI=1S/C13H8Cl2F2N2O2S/c14-6-1-7(15)3-8(2-6)18-13(21)19(22)9-4-10(16)12(20)11(17)5-9/h1-5,20,22H,(H,18,21). The van der Waals surface area contributed by atoms with Gasteiger partial charge >= 0.3 is 6.03 Å². The van der Waals surface area contributed by atoms with Crippen LogP contribution in [0, 0.1) is 11.6 Å². The molecule has 116 valence electrons. The van der Waals surface area contributed by atoms with Crippen LogP contribution < -0.4 is 9.62 Å². The highest BCUT2D eigenvalue weighted by Crippen LogP contribution is 2.28. The number of anilines is 2. The molecule has 0 spiro atoms. The van der Waals surface area contributed by atoms with Gasteiger partial charge in [0.1, 0.15) is 0 Å². The average molecular weight is 365 g/mol. The number of hydrogen-bond donors (Lipinski definition) is 3. The third kappa shape index (κ3) is 3.73. The Morgan fingerprint density at radius 2 is 1.59 bits per heavy atom. The molecule has 22 heavy (non-hydrogen) atoms. The predicted molar refractivity (Wildman–Crippen MR) is 85.0 cm³/mol. The van der Waals surface area contributed by atoms with Crippen molar-refractivity contribution in [2.75, 3.05) is 9.62 Å². The molecule has 0 aliphatic rings. The number of amides is 2. The lowest BCUT2D eigenvalue weighted by atomic mass is 10.2. The second-order valence-corrected chi connectivity index (χ2v) is 5.43. The number of nitrogens with one attached hydrogen (secondary N) is 1. The van der Waals surface area contributed by atoms with Crippen LogP contribution in [0.25, 0.3) is 0 Å². The third-order valence-electron chi connectivity index (χ3n) is 2.55. The molecule has 4 nitrogen and oxygen atoms in total. The van der Waals surface area contributed by atoms with Gasteiger partial charge in [-0.25, -0.2) is 17.9 Å². The molecule has 0 saturated heterocycles. The monoisotopic (exact) mass is 364 g/mol.